The molecule has 0 saturated carbocycles. The van der Waals surface area contributed by atoms with Crippen molar-refractivity contribution < 1.29 is 23.6 Å². The summed E-state index contributed by atoms with van der Waals surface area (Å²) in [5, 5.41) is 23.4. The van der Waals surface area contributed by atoms with Crippen LogP contribution in [0.25, 0.3) is 11.6 Å². The summed E-state index contributed by atoms with van der Waals surface area (Å²) in [7, 11) is 0. The molecule has 0 aliphatic heterocycles. The Kier molecular flexibility index (Phi) is 8.38. The van der Waals surface area contributed by atoms with Gasteiger partial charge in [0.1, 0.15) is 5.82 Å². The molecule has 1 N–H and O–H groups in total. The van der Waals surface area contributed by atoms with E-state index in [1.165, 1.54) is 54.6 Å². The molecule has 8 nitrogen and oxygen atoms in total. The molecule has 178 valence electrons. The summed E-state index contributed by atoms with van der Waals surface area (Å²) in [5.41, 5.74) is 1.30. The Morgan fingerprint density at radius 1 is 1.20 bits per heavy atom. The third kappa shape index (κ3) is 6.79. The molecule has 3 aromatic carbocycles. The normalized spacial score (nSPS) is 10.9. The molecule has 0 spiro atoms. The average molecular weight is 496 g/mol. The van der Waals surface area contributed by atoms with Gasteiger partial charge < -0.3 is 14.8 Å². The van der Waals surface area contributed by atoms with Crippen LogP contribution in [0.2, 0.25) is 5.02 Å². The summed E-state index contributed by atoms with van der Waals surface area (Å²) >= 11 is 6.39. The third-order valence-electron chi connectivity index (χ3n) is 4.61. The third-order valence-corrected chi connectivity index (χ3v) is 4.89. The number of carbonyl (C=O) groups excluding carboxylic acids is 1. The summed E-state index contributed by atoms with van der Waals surface area (Å²) in [4.78, 5) is 22.7. The highest BCUT2D eigenvalue weighted by molar-refractivity contribution is 6.32. The monoisotopic (exact) mass is 495 g/mol. The molecule has 0 radical (unpaired) electrons. The molecule has 0 atom stereocenters. The van der Waals surface area contributed by atoms with Crippen molar-refractivity contribution in [3.05, 3.63) is 92.7 Å². The molecule has 0 aliphatic carbocycles. The number of nitro benzene ring substituents is 1. The van der Waals surface area contributed by atoms with Crippen molar-refractivity contribution in [3.63, 3.8) is 0 Å². The van der Waals surface area contributed by atoms with E-state index in [-0.39, 0.29) is 41.0 Å². The van der Waals surface area contributed by atoms with Crippen LogP contribution in [0.4, 0.5) is 15.8 Å². The lowest BCUT2D eigenvalue weighted by Crippen LogP contribution is -2.20. The highest BCUT2D eigenvalue weighted by Crippen LogP contribution is 2.38. The standard InChI is InChI=1S/C25H19ClFN3O5/c1-2-34-23-12-16(10-18(14-28)17-4-3-5-21(13-17)30(32)33)11-22(26)25(23)35-15-24(31)29-20-8-6-19(27)7-9-20/h3-13H,2,15H2,1H3,(H,29,31). The lowest BCUT2D eigenvalue weighted by atomic mass is 10.0. The molecule has 3 aromatic rings. The van der Waals surface area contributed by atoms with Crippen molar-refractivity contribution >= 4 is 40.5 Å². The number of nitriles is 1. The fourth-order valence-corrected chi connectivity index (χ4v) is 3.35. The van der Waals surface area contributed by atoms with Gasteiger partial charge in [-0.15, -0.1) is 0 Å². The Labute approximate surface area is 205 Å². The van der Waals surface area contributed by atoms with E-state index in [2.05, 4.69) is 5.32 Å². The van der Waals surface area contributed by atoms with Gasteiger partial charge in [-0.05, 0) is 60.5 Å². The lowest BCUT2D eigenvalue weighted by Gasteiger charge is -2.14. The van der Waals surface area contributed by atoms with Gasteiger partial charge >= 0.3 is 0 Å². The minimum Gasteiger partial charge on any atom is -0.490 e. The fraction of sp³-hybridized carbons (Fsp3) is 0.120. The molecule has 0 unspecified atom stereocenters. The quantitative estimate of drug-likeness (QED) is 0.172. The second kappa shape index (κ2) is 11.6. The lowest BCUT2D eigenvalue weighted by molar-refractivity contribution is -0.384. The molecule has 0 aromatic heterocycles. The smallest absolute Gasteiger partial charge is 0.270 e. The van der Waals surface area contributed by atoms with Crippen molar-refractivity contribution in [2.75, 3.05) is 18.5 Å². The molecule has 3 rings (SSSR count). The van der Waals surface area contributed by atoms with Gasteiger partial charge in [0.25, 0.3) is 11.6 Å². The number of nitrogens with one attached hydrogen (secondary N) is 1. The molecule has 1 amide bonds. The van der Waals surface area contributed by atoms with Gasteiger partial charge in [0.15, 0.2) is 18.1 Å². The first-order valence-electron chi connectivity index (χ1n) is 10.3. The predicted molar refractivity (Wildman–Crippen MR) is 130 cm³/mol. The molecular formula is C25H19ClFN3O5. The SMILES string of the molecule is CCOc1cc(C=C(C#N)c2cccc([N+](=O)[O-])c2)cc(Cl)c1OCC(=O)Nc1ccc(F)cc1. The average Bonchev–Trinajstić information content (AvgIpc) is 2.83. The van der Waals surface area contributed by atoms with Gasteiger partial charge in [-0.1, -0.05) is 23.7 Å². The first-order valence-corrected chi connectivity index (χ1v) is 10.7. The maximum absolute atomic E-state index is 13.0. The summed E-state index contributed by atoms with van der Waals surface area (Å²) < 4.78 is 24.2. The van der Waals surface area contributed by atoms with Crippen LogP contribution in [-0.4, -0.2) is 24.0 Å². The Hall–Kier alpha value is -4.42. The number of rotatable bonds is 9. The maximum atomic E-state index is 13.0. The van der Waals surface area contributed by atoms with E-state index in [1.54, 1.807) is 19.1 Å². The molecule has 0 fully saturated rings. The molecule has 0 aliphatic rings. The summed E-state index contributed by atoms with van der Waals surface area (Å²) in [6.07, 6.45) is 1.51. The predicted octanol–water partition coefficient (Wildman–Crippen LogP) is 5.87. The molecule has 10 heteroatoms. The number of anilines is 1. The number of hydrogen-bond donors (Lipinski definition) is 1. The number of nitro groups is 1. The van der Waals surface area contributed by atoms with E-state index in [9.17, 15) is 24.6 Å². The first-order chi connectivity index (χ1) is 16.8. The van der Waals surface area contributed by atoms with Crippen molar-refractivity contribution in [3.8, 4) is 17.6 Å². The number of nitrogens with zero attached hydrogens (tertiary/aromatic N) is 2. The Morgan fingerprint density at radius 3 is 2.60 bits per heavy atom. The Bertz CT molecular complexity index is 1320. The van der Waals surface area contributed by atoms with Crippen molar-refractivity contribution in [2.24, 2.45) is 0 Å². The van der Waals surface area contributed by atoms with Crippen LogP contribution in [0.15, 0.2) is 60.7 Å². The van der Waals surface area contributed by atoms with Crippen LogP contribution < -0.4 is 14.8 Å². The second-order valence-corrected chi connectivity index (χ2v) is 7.49. The number of hydrogen-bond acceptors (Lipinski definition) is 6. The Balaban J connectivity index is 1.83. The van der Waals surface area contributed by atoms with Gasteiger partial charge in [-0.2, -0.15) is 5.26 Å². The van der Waals surface area contributed by atoms with Crippen molar-refractivity contribution in [2.45, 2.75) is 6.92 Å². The number of benzene rings is 3. The highest BCUT2D eigenvalue weighted by Gasteiger charge is 2.15. The summed E-state index contributed by atoms with van der Waals surface area (Å²) in [6, 6.07) is 16.1. The van der Waals surface area contributed by atoms with Crippen LogP contribution in [0.3, 0.4) is 0 Å². The molecule has 35 heavy (non-hydrogen) atoms. The van der Waals surface area contributed by atoms with E-state index in [0.717, 1.165) is 0 Å². The van der Waals surface area contributed by atoms with E-state index in [1.807, 2.05) is 6.07 Å². The van der Waals surface area contributed by atoms with Gasteiger partial charge in [0.2, 0.25) is 0 Å². The number of carbonyl (C=O) groups is 1. The molecule has 0 bridgehead atoms. The van der Waals surface area contributed by atoms with Crippen LogP contribution in [-0.2, 0) is 4.79 Å². The number of ether oxygens (including phenoxy) is 2. The van der Waals surface area contributed by atoms with Gasteiger partial charge in [-0.3, -0.25) is 14.9 Å². The Morgan fingerprint density at radius 2 is 1.94 bits per heavy atom. The number of non-ortho nitro benzene ring substituents is 1. The minimum atomic E-state index is -0.541. The summed E-state index contributed by atoms with van der Waals surface area (Å²) in [6.45, 7) is 1.65. The molecule has 0 heterocycles. The molecule has 0 saturated heterocycles. The van der Waals surface area contributed by atoms with Crippen molar-refractivity contribution in [1.82, 2.24) is 0 Å². The van der Waals surface area contributed by atoms with Gasteiger partial charge in [-0.25, -0.2) is 4.39 Å². The van der Waals surface area contributed by atoms with Gasteiger partial charge in [0, 0.05) is 17.8 Å². The maximum Gasteiger partial charge on any atom is 0.270 e. The van der Waals surface area contributed by atoms with Crippen molar-refractivity contribution in [1.29, 1.82) is 5.26 Å². The van der Waals surface area contributed by atoms with Gasteiger partial charge in [0.05, 0.1) is 28.2 Å². The zero-order valence-electron chi connectivity index (χ0n) is 18.5. The zero-order chi connectivity index (χ0) is 25.4. The number of halogens is 2. The minimum absolute atomic E-state index is 0.133. The van der Waals surface area contributed by atoms with E-state index in [0.29, 0.717) is 16.8 Å². The van der Waals surface area contributed by atoms with E-state index < -0.39 is 16.6 Å². The van der Waals surface area contributed by atoms with Crippen LogP contribution in [0.1, 0.15) is 18.1 Å². The fourth-order valence-electron chi connectivity index (χ4n) is 3.08. The van der Waals surface area contributed by atoms with E-state index in [4.69, 9.17) is 21.1 Å². The zero-order valence-corrected chi connectivity index (χ0v) is 19.2. The molecular weight excluding hydrogens is 477 g/mol. The number of allylic oxidation sites excluding steroid dienone is 1. The second-order valence-electron chi connectivity index (χ2n) is 7.08. The summed E-state index contributed by atoms with van der Waals surface area (Å²) in [5.74, 6) is -0.533. The van der Waals surface area contributed by atoms with Crippen LogP contribution >= 0.6 is 11.6 Å². The number of amides is 1. The first kappa shape index (κ1) is 25.2. The topological polar surface area (TPSA) is 114 Å². The van der Waals surface area contributed by atoms with Crippen LogP contribution in [0, 0.1) is 27.3 Å². The van der Waals surface area contributed by atoms with E-state index >= 15 is 0 Å². The highest BCUT2D eigenvalue weighted by atomic mass is 35.5. The largest absolute Gasteiger partial charge is 0.490 e. The van der Waals surface area contributed by atoms with Crippen LogP contribution in [0.5, 0.6) is 11.5 Å².